The van der Waals surface area contributed by atoms with Crippen molar-refractivity contribution in [3.63, 3.8) is 0 Å². The lowest BCUT2D eigenvalue weighted by Crippen LogP contribution is -2.33. The number of hydrogen-bond donors (Lipinski definition) is 0. The van der Waals surface area contributed by atoms with Crippen LogP contribution in [0.2, 0.25) is 0 Å². The number of carbonyl (C=O) groups is 1. The van der Waals surface area contributed by atoms with Crippen molar-refractivity contribution < 1.29 is 9.53 Å². The van der Waals surface area contributed by atoms with Gasteiger partial charge in [-0.25, -0.2) is 0 Å². The number of aromatic nitrogens is 1. The van der Waals surface area contributed by atoms with E-state index in [-0.39, 0.29) is 12.5 Å². The molecule has 1 aromatic heterocycles. The molecule has 1 aromatic carbocycles. The van der Waals surface area contributed by atoms with Gasteiger partial charge in [-0.2, -0.15) is 0 Å². The Balaban J connectivity index is 1.57. The van der Waals surface area contributed by atoms with Crippen molar-refractivity contribution in [1.82, 2.24) is 9.88 Å². The molecule has 1 fully saturated rings. The average molecular weight is 338 g/mol. The highest BCUT2D eigenvalue weighted by Crippen LogP contribution is 2.29. The van der Waals surface area contributed by atoms with E-state index < -0.39 is 0 Å². The molecule has 2 heterocycles. The summed E-state index contributed by atoms with van der Waals surface area (Å²) in [6.45, 7) is 5.95. The van der Waals surface area contributed by atoms with E-state index in [0.29, 0.717) is 11.8 Å². The molecule has 0 radical (unpaired) electrons. The van der Waals surface area contributed by atoms with Gasteiger partial charge in [0.1, 0.15) is 5.75 Å². The highest BCUT2D eigenvalue weighted by Gasteiger charge is 2.28. The van der Waals surface area contributed by atoms with E-state index in [4.69, 9.17) is 4.74 Å². The van der Waals surface area contributed by atoms with Crippen molar-refractivity contribution >= 4 is 5.91 Å². The molecule has 0 spiro atoms. The summed E-state index contributed by atoms with van der Waals surface area (Å²) in [5.41, 5.74) is 2.24. The maximum absolute atomic E-state index is 12.5. The fraction of sp³-hybridized carbons (Fsp3) is 0.429. The van der Waals surface area contributed by atoms with Crippen LogP contribution in [0.4, 0.5) is 0 Å². The Labute approximate surface area is 149 Å². The van der Waals surface area contributed by atoms with Gasteiger partial charge in [0.25, 0.3) is 5.91 Å². The van der Waals surface area contributed by atoms with Gasteiger partial charge in [-0.1, -0.05) is 38.1 Å². The second kappa shape index (κ2) is 8.15. The molecule has 1 saturated heterocycles. The molecule has 132 valence electrons. The number of benzene rings is 1. The number of carbonyl (C=O) groups excluding carboxylic acids is 1. The molecule has 0 saturated carbocycles. The first-order valence-electron chi connectivity index (χ1n) is 9.09. The van der Waals surface area contributed by atoms with Crippen LogP contribution in [0.5, 0.6) is 5.75 Å². The van der Waals surface area contributed by atoms with Crippen molar-refractivity contribution in [2.24, 2.45) is 0 Å². The van der Waals surface area contributed by atoms with Gasteiger partial charge in [-0.05, 0) is 42.5 Å². The van der Waals surface area contributed by atoms with Crippen LogP contribution in [0.15, 0.2) is 48.7 Å². The minimum absolute atomic E-state index is 0.0531. The highest BCUT2D eigenvalue weighted by atomic mass is 16.5. The zero-order valence-electron chi connectivity index (χ0n) is 15.0. The number of rotatable bonds is 6. The van der Waals surface area contributed by atoms with Gasteiger partial charge in [-0.3, -0.25) is 9.78 Å². The molecule has 2 unspecified atom stereocenters. The number of likely N-dealkylation sites (tertiary alicyclic amines) is 1. The average Bonchev–Trinajstić information content (AvgIpc) is 3.17. The van der Waals surface area contributed by atoms with Crippen molar-refractivity contribution in [2.45, 2.75) is 38.5 Å². The van der Waals surface area contributed by atoms with Crippen LogP contribution in [0.1, 0.15) is 49.8 Å². The summed E-state index contributed by atoms with van der Waals surface area (Å²) in [5, 5.41) is 0. The molecule has 1 amide bonds. The lowest BCUT2D eigenvalue weighted by molar-refractivity contribution is -0.132. The monoisotopic (exact) mass is 338 g/mol. The quantitative estimate of drug-likeness (QED) is 0.800. The Hall–Kier alpha value is -2.36. The SMILES string of the molecule is CCC(C)c1ccccc1OCC(=O)N1CCC(c2ccccn2)C1. The summed E-state index contributed by atoms with van der Waals surface area (Å²) in [4.78, 5) is 18.8. The fourth-order valence-electron chi connectivity index (χ4n) is 3.32. The Morgan fingerprint density at radius 1 is 1.28 bits per heavy atom. The maximum atomic E-state index is 12.5. The third-order valence-electron chi connectivity index (χ3n) is 5.06. The summed E-state index contributed by atoms with van der Waals surface area (Å²) < 4.78 is 5.87. The van der Waals surface area contributed by atoms with E-state index in [9.17, 15) is 4.79 Å². The van der Waals surface area contributed by atoms with Gasteiger partial charge >= 0.3 is 0 Å². The lowest BCUT2D eigenvalue weighted by Gasteiger charge is -2.19. The van der Waals surface area contributed by atoms with E-state index in [1.54, 1.807) is 0 Å². The summed E-state index contributed by atoms with van der Waals surface area (Å²) in [6, 6.07) is 14.0. The fourth-order valence-corrected chi connectivity index (χ4v) is 3.32. The van der Waals surface area contributed by atoms with Gasteiger partial charge in [0, 0.05) is 30.9 Å². The van der Waals surface area contributed by atoms with Crippen LogP contribution >= 0.6 is 0 Å². The molecule has 0 aliphatic carbocycles. The second-order valence-corrected chi connectivity index (χ2v) is 6.72. The molecule has 4 nitrogen and oxygen atoms in total. The molecule has 25 heavy (non-hydrogen) atoms. The van der Waals surface area contributed by atoms with Crippen LogP contribution in [-0.2, 0) is 4.79 Å². The molecule has 3 rings (SSSR count). The zero-order valence-corrected chi connectivity index (χ0v) is 15.0. The number of ether oxygens (including phenoxy) is 1. The first kappa shape index (κ1) is 17.5. The molecule has 0 N–H and O–H groups in total. The Kier molecular flexibility index (Phi) is 5.69. The number of amides is 1. The summed E-state index contributed by atoms with van der Waals surface area (Å²) in [6.07, 6.45) is 3.83. The number of para-hydroxylation sites is 1. The molecule has 2 atom stereocenters. The first-order chi connectivity index (χ1) is 12.2. The van der Waals surface area contributed by atoms with E-state index in [2.05, 4.69) is 24.9 Å². The summed E-state index contributed by atoms with van der Waals surface area (Å²) >= 11 is 0. The Bertz CT molecular complexity index is 702. The molecule has 2 aromatic rings. The highest BCUT2D eigenvalue weighted by molar-refractivity contribution is 5.78. The summed E-state index contributed by atoms with van der Waals surface area (Å²) in [5.74, 6) is 1.63. The molecule has 4 heteroatoms. The van der Waals surface area contributed by atoms with E-state index in [1.165, 1.54) is 5.56 Å². The predicted molar refractivity (Wildman–Crippen MR) is 98.8 cm³/mol. The standard InChI is InChI=1S/C21H26N2O2/c1-3-16(2)18-8-4-5-10-20(18)25-15-21(24)23-13-11-17(14-23)19-9-6-7-12-22-19/h4-10,12,16-17H,3,11,13-15H2,1-2H3. The minimum atomic E-state index is 0.0531. The van der Waals surface area contributed by atoms with Crippen molar-refractivity contribution in [1.29, 1.82) is 0 Å². The van der Waals surface area contributed by atoms with Gasteiger partial charge in [0.05, 0.1) is 0 Å². The van der Waals surface area contributed by atoms with Crippen molar-refractivity contribution in [3.05, 3.63) is 59.9 Å². The van der Waals surface area contributed by atoms with Crippen molar-refractivity contribution in [2.75, 3.05) is 19.7 Å². The largest absolute Gasteiger partial charge is 0.483 e. The smallest absolute Gasteiger partial charge is 0.260 e. The van der Waals surface area contributed by atoms with Gasteiger partial charge in [0.15, 0.2) is 6.61 Å². The maximum Gasteiger partial charge on any atom is 0.260 e. The van der Waals surface area contributed by atoms with E-state index in [1.807, 2.05) is 47.5 Å². The normalized spacial score (nSPS) is 18.2. The number of nitrogens with zero attached hydrogens (tertiary/aromatic N) is 2. The number of pyridine rings is 1. The summed E-state index contributed by atoms with van der Waals surface area (Å²) in [7, 11) is 0. The topological polar surface area (TPSA) is 42.4 Å². The van der Waals surface area contributed by atoms with Gasteiger partial charge in [0.2, 0.25) is 0 Å². The van der Waals surface area contributed by atoms with Crippen LogP contribution in [0.3, 0.4) is 0 Å². The third-order valence-corrected chi connectivity index (χ3v) is 5.06. The van der Waals surface area contributed by atoms with Gasteiger partial charge in [-0.15, -0.1) is 0 Å². The van der Waals surface area contributed by atoms with Crippen LogP contribution in [-0.4, -0.2) is 35.5 Å². The van der Waals surface area contributed by atoms with E-state index in [0.717, 1.165) is 37.4 Å². The molecular formula is C21H26N2O2. The number of hydrogen-bond acceptors (Lipinski definition) is 3. The first-order valence-corrected chi connectivity index (χ1v) is 9.09. The van der Waals surface area contributed by atoms with Crippen molar-refractivity contribution in [3.8, 4) is 5.75 Å². The van der Waals surface area contributed by atoms with Gasteiger partial charge < -0.3 is 9.64 Å². The molecular weight excluding hydrogens is 312 g/mol. The zero-order chi connectivity index (χ0) is 17.6. The Morgan fingerprint density at radius 3 is 2.84 bits per heavy atom. The second-order valence-electron chi connectivity index (χ2n) is 6.72. The minimum Gasteiger partial charge on any atom is -0.483 e. The van der Waals surface area contributed by atoms with Crippen LogP contribution in [0, 0.1) is 0 Å². The lowest BCUT2D eigenvalue weighted by atomic mass is 9.98. The molecule has 1 aliphatic rings. The Morgan fingerprint density at radius 2 is 2.08 bits per heavy atom. The molecule has 1 aliphatic heterocycles. The van der Waals surface area contributed by atoms with E-state index >= 15 is 0 Å². The van der Waals surface area contributed by atoms with Crippen LogP contribution in [0.25, 0.3) is 0 Å². The van der Waals surface area contributed by atoms with Crippen LogP contribution < -0.4 is 4.74 Å². The molecule has 0 bridgehead atoms. The third kappa shape index (κ3) is 4.19. The predicted octanol–water partition coefficient (Wildman–Crippen LogP) is 3.99.